The van der Waals surface area contributed by atoms with Gasteiger partial charge in [0.05, 0.1) is 0 Å². The fourth-order valence-corrected chi connectivity index (χ4v) is 3.02. The van der Waals surface area contributed by atoms with Crippen LogP contribution in [0.5, 0.6) is 0 Å². The van der Waals surface area contributed by atoms with Crippen molar-refractivity contribution in [2.75, 3.05) is 13.1 Å². The van der Waals surface area contributed by atoms with E-state index in [0.717, 1.165) is 25.1 Å². The fourth-order valence-electron chi connectivity index (χ4n) is 3.02. The molecule has 20 heavy (non-hydrogen) atoms. The third-order valence-corrected chi connectivity index (χ3v) is 4.13. The van der Waals surface area contributed by atoms with Crippen LogP contribution >= 0.6 is 0 Å². The molecule has 1 saturated heterocycles. The maximum absolute atomic E-state index is 10.9. The molecule has 1 fully saturated rings. The van der Waals surface area contributed by atoms with Gasteiger partial charge in [-0.15, -0.1) is 0 Å². The van der Waals surface area contributed by atoms with Gasteiger partial charge < -0.3 is 5.11 Å². The number of hydrogen-bond acceptors (Lipinski definition) is 2. The van der Waals surface area contributed by atoms with Crippen LogP contribution in [0, 0.1) is 6.92 Å². The quantitative estimate of drug-likeness (QED) is 0.923. The highest BCUT2D eigenvalue weighted by atomic mass is 16.3. The number of aliphatic hydroxyl groups is 1. The zero-order chi connectivity index (χ0) is 14.0. The number of benzene rings is 2. The first kappa shape index (κ1) is 13.3. The van der Waals surface area contributed by atoms with Crippen LogP contribution in [0.4, 0.5) is 0 Å². The van der Waals surface area contributed by atoms with Crippen LogP contribution in [0.25, 0.3) is 0 Å². The van der Waals surface area contributed by atoms with Gasteiger partial charge in [-0.2, -0.15) is 0 Å². The number of hydrogen-bond donors (Lipinski definition) is 1. The van der Waals surface area contributed by atoms with Gasteiger partial charge in [0.15, 0.2) is 0 Å². The molecule has 0 aromatic heterocycles. The smallest absolute Gasteiger partial charge is 0.103 e. The Hall–Kier alpha value is -1.64. The van der Waals surface area contributed by atoms with E-state index in [1.807, 2.05) is 18.2 Å². The van der Waals surface area contributed by atoms with Gasteiger partial charge in [0.2, 0.25) is 0 Å². The number of rotatable bonds is 3. The van der Waals surface area contributed by atoms with E-state index >= 15 is 0 Å². The van der Waals surface area contributed by atoms with Crippen molar-refractivity contribution in [2.24, 2.45) is 0 Å². The number of likely N-dealkylation sites (tertiary alicyclic amines) is 1. The minimum absolute atomic E-state index is 0.694. The van der Waals surface area contributed by atoms with Crippen molar-refractivity contribution >= 4 is 0 Å². The Morgan fingerprint density at radius 3 is 2.65 bits per heavy atom. The van der Waals surface area contributed by atoms with Gasteiger partial charge >= 0.3 is 0 Å². The van der Waals surface area contributed by atoms with E-state index in [-0.39, 0.29) is 0 Å². The van der Waals surface area contributed by atoms with Crippen LogP contribution in [-0.4, -0.2) is 23.1 Å². The Balaban J connectivity index is 1.72. The molecule has 0 spiro atoms. The molecule has 2 aromatic rings. The summed E-state index contributed by atoms with van der Waals surface area (Å²) in [7, 11) is 0. The first-order valence-electron chi connectivity index (χ1n) is 7.22. The maximum Gasteiger partial charge on any atom is 0.103 e. The number of nitrogens with zero attached hydrogens (tertiary/aromatic N) is 1. The third-order valence-electron chi connectivity index (χ3n) is 4.13. The van der Waals surface area contributed by atoms with Gasteiger partial charge in [0, 0.05) is 19.6 Å². The average Bonchev–Trinajstić information content (AvgIpc) is 2.83. The summed E-state index contributed by atoms with van der Waals surface area (Å²) in [5.74, 6) is 0. The normalized spacial score (nSPS) is 23.1. The molecule has 0 saturated carbocycles. The van der Waals surface area contributed by atoms with Crippen molar-refractivity contribution in [3.05, 3.63) is 71.3 Å². The molecular formula is C18H21NO. The van der Waals surface area contributed by atoms with Crippen LogP contribution < -0.4 is 0 Å². The minimum Gasteiger partial charge on any atom is -0.384 e. The Morgan fingerprint density at radius 2 is 1.90 bits per heavy atom. The van der Waals surface area contributed by atoms with Crippen molar-refractivity contribution in [3.8, 4) is 0 Å². The van der Waals surface area contributed by atoms with Crippen molar-refractivity contribution in [3.63, 3.8) is 0 Å². The summed E-state index contributed by atoms with van der Waals surface area (Å²) in [6.45, 7) is 4.64. The van der Waals surface area contributed by atoms with Gasteiger partial charge in [0.1, 0.15) is 5.60 Å². The molecule has 2 nitrogen and oxygen atoms in total. The minimum atomic E-state index is -0.694. The summed E-state index contributed by atoms with van der Waals surface area (Å²) in [4.78, 5) is 2.33. The summed E-state index contributed by atoms with van der Waals surface area (Å²) in [5, 5.41) is 10.9. The Morgan fingerprint density at radius 1 is 1.10 bits per heavy atom. The Labute approximate surface area is 120 Å². The predicted octanol–water partition coefficient (Wildman–Crippen LogP) is 3.09. The first-order chi connectivity index (χ1) is 9.66. The van der Waals surface area contributed by atoms with Crippen molar-refractivity contribution in [2.45, 2.75) is 25.5 Å². The van der Waals surface area contributed by atoms with Gasteiger partial charge in [0.25, 0.3) is 0 Å². The molecule has 0 radical (unpaired) electrons. The zero-order valence-electron chi connectivity index (χ0n) is 11.9. The maximum atomic E-state index is 10.9. The molecule has 1 atom stereocenters. The molecule has 1 heterocycles. The Bertz CT molecular complexity index is 581. The molecule has 1 N–H and O–H groups in total. The van der Waals surface area contributed by atoms with Crippen molar-refractivity contribution < 1.29 is 5.11 Å². The molecule has 2 heteroatoms. The van der Waals surface area contributed by atoms with Gasteiger partial charge in [-0.3, -0.25) is 4.90 Å². The summed E-state index contributed by atoms with van der Waals surface area (Å²) < 4.78 is 0. The van der Waals surface area contributed by atoms with Crippen molar-refractivity contribution in [1.29, 1.82) is 0 Å². The van der Waals surface area contributed by atoms with Crippen LogP contribution in [0.3, 0.4) is 0 Å². The van der Waals surface area contributed by atoms with Gasteiger partial charge in [-0.05, 0) is 24.5 Å². The molecule has 1 aliphatic rings. The van der Waals surface area contributed by atoms with Crippen LogP contribution in [-0.2, 0) is 12.1 Å². The van der Waals surface area contributed by atoms with E-state index in [1.165, 1.54) is 11.1 Å². The average molecular weight is 267 g/mol. The highest BCUT2D eigenvalue weighted by molar-refractivity contribution is 5.29. The van der Waals surface area contributed by atoms with E-state index < -0.39 is 5.60 Å². The molecule has 3 rings (SSSR count). The second kappa shape index (κ2) is 5.39. The van der Waals surface area contributed by atoms with Crippen molar-refractivity contribution in [1.82, 2.24) is 4.90 Å². The lowest BCUT2D eigenvalue weighted by atomic mass is 9.92. The van der Waals surface area contributed by atoms with Crippen LogP contribution in [0.2, 0.25) is 0 Å². The highest BCUT2D eigenvalue weighted by Gasteiger charge is 2.37. The van der Waals surface area contributed by atoms with Gasteiger partial charge in [-0.1, -0.05) is 60.2 Å². The summed E-state index contributed by atoms with van der Waals surface area (Å²) >= 11 is 0. The highest BCUT2D eigenvalue weighted by Crippen LogP contribution is 2.32. The summed E-state index contributed by atoms with van der Waals surface area (Å²) in [6, 6.07) is 18.7. The first-order valence-corrected chi connectivity index (χ1v) is 7.22. The summed E-state index contributed by atoms with van der Waals surface area (Å²) in [5.41, 5.74) is 2.87. The van der Waals surface area contributed by atoms with Gasteiger partial charge in [-0.25, -0.2) is 0 Å². The molecule has 2 aromatic carbocycles. The topological polar surface area (TPSA) is 23.5 Å². The third kappa shape index (κ3) is 2.77. The number of aryl methyl sites for hydroxylation is 1. The standard InChI is InChI=1S/C18H21NO/c1-15-6-5-9-17(12-15)18(20)10-11-19(14-18)13-16-7-3-2-4-8-16/h2-9,12,20H,10-11,13-14H2,1H3. The second-order valence-corrected chi connectivity index (χ2v) is 5.85. The SMILES string of the molecule is Cc1cccc(C2(O)CCN(Cc3ccccc3)C2)c1. The second-order valence-electron chi connectivity index (χ2n) is 5.85. The zero-order valence-corrected chi connectivity index (χ0v) is 11.9. The lowest BCUT2D eigenvalue weighted by molar-refractivity contribution is 0.0452. The number of β-amino-alcohol motifs (C(OH)–C–C–N with tert-alkyl or cyclic N) is 1. The molecule has 104 valence electrons. The molecule has 0 bridgehead atoms. The fraction of sp³-hybridized carbons (Fsp3) is 0.333. The Kier molecular flexibility index (Phi) is 3.60. The van der Waals surface area contributed by atoms with E-state index in [9.17, 15) is 5.11 Å². The van der Waals surface area contributed by atoms with E-state index in [0.29, 0.717) is 6.54 Å². The molecule has 1 aliphatic heterocycles. The largest absolute Gasteiger partial charge is 0.384 e. The molecule has 1 unspecified atom stereocenters. The lowest BCUT2D eigenvalue weighted by Crippen LogP contribution is -2.30. The summed E-state index contributed by atoms with van der Waals surface area (Å²) in [6.07, 6.45) is 0.809. The lowest BCUT2D eigenvalue weighted by Gasteiger charge is -2.24. The molecule has 0 aliphatic carbocycles. The van der Waals surface area contributed by atoms with Crippen LogP contribution in [0.15, 0.2) is 54.6 Å². The molecular weight excluding hydrogens is 246 g/mol. The van der Waals surface area contributed by atoms with E-state index in [2.05, 4.69) is 48.2 Å². The van der Waals surface area contributed by atoms with E-state index in [1.54, 1.807) is 0 Å². The predicted molar refractivity (Wildman–Crippen MR) is 81.4 cm³/mol. The van der Waals surface area contributed by atoms with E-state index in [4.69, 9.17) is 0 Å². The monoisotopic (exact) mass is 267 g/mol. The van der Waals surface area contributed by atoms with Crippen LogP contribution in [0.1, 0.15) is 23.1 Å². The molecule has 0 amide bonds.